The Labute approximate surface area is 142 Å². The lowest BCUT2D eigenvalue weighted by Crippen LogP contribution is -2.13. The zero-order valence-electron chi connectivity index (χ0n) is 9.93. The number of carboxylic acid groups (broad SMARTS) is 1. The highest BCUT2D eigenvalue weighted by Crippen LogP contribution is 2.35. The molecule has 0 aliphatic heterocycles. The van der Waals surface area contributed by atoms with Gasteiger partial charge < -0.3 is 5.11 Å². The van der Waals surface area contributed by atoms with Crippen molar-refractivity contribution >= 4 is 72.1 Å². The van der Waals surface area contributed by atoms with Gasteiger partial charge >= 0.3 is 5.97 Å². The standard InChI is InChI=1S/C11H6BrCl2NO4S2/c12-10-8(4-7(20-10)11(16)17)21(18,19)15-6-3-1-2-5(13)9(6)14/h1-4,15H,(H,16,17). The number of anilines is 1. The summed E-state index contributed by atoms with van der Waals surface area (Å²) >= 11 is 15.6. The molecule has 5 nitrogen and oxygen atoms in total. The molecular formula is C11H6BrCl2NO4S2. The van der Waals surface area contributed by atoms with E-state index >= 15 is 0 Å². The molecule has 112 valence electrons. The molecule has 0 atom stereocenters. The van der Waals surface area contributed by atoms with Gasteiger partial charge in [0.1, 0.15) is 9.77 Å². The monoisotopic (exact) mass is 429 g/mol. The maximum Gasteiger partial charge on any atom is 0.345 e. The van der Waals surface area contributed by atoms with E-state index in [4.69, 9.17) is 28.3 Å². The Bertz CT molecular complexity index is 820. The van der Waals surface area contributed by atoms with Crippen LogP contribution in [0.2, 0.25) is 10.0 Å². The molecule has 0 spiro atoms. The van der Waals surface area contributed by atoms with Crippen molar-refractivity contribution in [1.29, 1.82) is 0 Å². The Morgan fingerprint density at radius 3 is 2.57 bits per heavy atom. The number of thiophene rings is 1. The third kappa shape index (κ3) is 3.51. The number of aromatic carboxylic acids is 1. The quantitative estimate of drug-likeness (QED) is 0.756. The first-order valence-corrected chi connectivity index (χ1v) is 9.06. The number of hydrogen-bond acceptors (Lipinski definition) is 4. The minimum absolute atomic E-state index is 0.0625. The molecule has 0 saturated carbocycles. The lowest BCUT2D eigenvalue weighted by atomic mass is 10.3. The molecule has 2 N–H and O–H groups in total. The summed E-state index contributed by atoms with van der Waals surface area (Å²) < 4.78 is 27.0. The molecule has 2 rings (SSSR count). The average Bonchev–Trinajstić information content (AvgIpc) is 2.78. The first kappa shape index (κ1) is 16.6. The number of carbonyl (C=O) groups is 1. The average molecular weight is 431 g/mol. The van der Waals surface area contributed by atoms with Gasteiger partial charge in [0, 0.05) is 0 Å². The van der Waals surface area contributed by atoms with Gasteiger partial charge in [0.25, 0.3) is 10.0 Å². The van der Waals surface area contributed by atoms with Gasteiger partial charge in [-0.15, -0.1) is 11.3 Å². The molecule has 2 aromatic rings. The van der Waals surface area contributed by atoms with Crippen LogP contribution in [0.25, 0.3) is 0 Å². The van der Waals surface area contributed by atoms with Gasteiger partial charge in [0.15, 0.2) is 0 Å². The van der Waals surface area contributed by atoms with Gasteiger partial charge in [-0.25, -0.2) is 13.2 Å². The fraction of sp³-hybridized carbons (Fsp3) is 0. The molecule has 1 aromatic heterocycles. The highest BCUT2D eigenvalue weighted by atomic mass is 79.9. The maximum atomic E-state index is 12.3. The van der Waals surface area contributed by atoms with E-state index in [-0.39, 0.29) is 29.3 Å². The van der Waals surface area contributed by atoms with E-state index in [1.54, 1.807) is 0 Å². The first-order chi connectivity index (χ1) is 9.72. The maximum absolute atomic E-state index is 12.3. The van der Waals surface area contributed by atoms with Gasteiger partial charge in [-0.2, -0.15) is 0 Å². The summed E-state index contributed by atoms with van der Waals surface area (Å²) in [6, 6.07) is 5.57. The zero-order chi connectivity index (χ0) is 15.8. The molecule has 0 bridgehead atoms. The number of hydrogen-bond donors (Lipinski definition) is 2. The minimum Gasteiger partial charge on any atom is -0.477 e. The van der Waals surface area contributed by atoms with Crippen molar-refractivity contribution in [1.82, 2.24) is 0 Å². The number of carboxylic acids is 1. The number of sulfonamides is 1. The van der Waals surface area contributed by atoms with E-state index in [1.807, 2.05) is 0 Å². The zero-order valence-corrected chi connectivity index (χ0v) is 14.7. The Morgan fingerprint density at radius 1 is 1.33 bits per heavy atom. The number of nitrogens with one attached hydrogen (secondary N) is 1. The van der Waals surface area contributed by atoms with Gasteiger partial charge in [-0.1, -0.05) is 29.3 Å². The predicted molar refractivity (Wildman–Crippen MR) is 86.2 cm³/mol. The molecule has 0 aliphatic carbocycles. The van der Waals surface area contributed by atoms with Gasteiger partial charge in [0.05, 0.1) is 19.5 Å². The van der Waals surface area contributed by atoms with Crippen LogP contribution < -0.4 is 4.72 Å². The molecule has 0 saturated heterocycles. The fourth-order valence-corrected chi connectivity index (χ4v) is 5.30. The van der Waals surface area contributed by atoms with Crippen LogP contribution in [0.15, 0.2) is 32.9 Å². The van der Waals surface area contributed by atoms with Crippen molar-refractivity contribution in [2.45, 2.75) is 4.90 Å². The summed E-state index contributed by atoms with van der Waals surface area (Å²) in [7, 11) is -3.99. The Balaban J connectivity index is 2.43. The normalized spacial score (nSPS) is 11.4. The second-order valence-corrected chi connectivity index (χ2v) is 8.57. The van der Waals surface area contributed by atoms with Crippen LogP contribution in [0.1, 0.15) is 9.67 Å². The highest BCUT2D eigenvalue weighted by molar-refractivity contribution is 9.11. The molecular weight excluding hydrogens is 425 g/mol. The van der Waals surface area contributed by atoms with E-state index in [1.165, 1.54) is 18.2 Å². The van der Waals surface area contributed by atoms with Crippen molar-refractivity contribution in [3.8, 4) is 0 Å². The van der Waals surface area contributed by atoms with Crippen LogP contribution in [0, 0.1) is 0 Å². The lowest BCUT2D eigenvalue weighted by Gasteiger charge is -2.09. The van der Waals surface area contributed by atoms with E-state index in [0.29, 0.717) is 0 Å². The van der Waals surface area contributed by atoms with Crippen molar-refractivity contribution in [3.63, 3.8) is 0 Å². The smallest absolute Gasteiger partial charge is 0.345 e. The van der Waals surface area contributed by atoms with Crippen LogP contribution in [0.5, 0.6) is 0 Å². The van der Waals surface area contributed by atoms with Gasteiger partial charge in [0.2, 0.25) is 0 Å². The number of benzene rings is 1. The molecule has 10 heteroatoms. The van der Waals surface area contributed by atoms with Crippen molar-refractivity contribution in [2.24, 2.45) is 0 Å². The summed E-state index contributed by atoms with van der Waals surface area (Å²) in [5.74, 6) is -1.21. The predicted octanol–water partition coefficient (Wildman–Crippen LogP) is 4.32. The first-order valence-electron chi connectivity index (χ1n) is 5.22. The fourth-order valence-electron chi connectivity index (χ4n) is 1.42. The summed E-state index contributed by atoms with van der Waals surface area (Å²) in [5.41, 5.74) is 0.110. The molecule has 0 fully saturated rings. The van der Waals surface area contributed by atoms with E-state index in [2.05, 4.69) is 20.7 Å². The van der Waals surface area contributed by atoms with E-state index < -0.39 is 16.0 Å². The Hall–Kier alpha value is -0.800. The Kier molecular flexibility index (Phi) is 4.84. The summed E-state index contributed by atoms with van der Waals surface area (Å²) in [6.45, 7) is 0. The second kappa shape index (κ2) is 6.13. The molecule has 1 heterocycles. The Morgan fingerprint density at radius 2 is 2.00 bits per heavy atom. The van der Waals surface area contributed by atoms with E-state index in [9.17, 15) is 13.2 Å². The third-order valence-electron chi connectivity index (χ3n) is 2.35. The topological polar surface area (TPSA) is 83.5 Å². The van der Waals surface area contributed by atoms with Crippen LogP contribution >= 0.6 is 50.5 Å². The van der Waals surface area contributed by atoms with Crippen LogP contribution in [-0.4, -0.2) is 19.5 Å². The molecule has 0 radical (unpaired) electrons. The van der Waals surface area contributed by atoms with Crippen LogP contribution in [0.4, 0.5) is 5.69 Å². The van der Waals surface area contributed by atoms with Gasteiger partial charge in [-0.05, 0) is 34.1 Å². The van der Waals surface area contributed by atoms with Crippen molar-refractivity contribution < 1.29 is 18.3 Å². The minimum atomic E-state index is -3.99. The number of halogens is 3. The largest absolute Gasteiger partial charge is 0.477 e. The summed E-state index contributed by atoms with van der Waals surface area (Å²) in [5, 5.41) is 9.16. The molecule has 0 amide bonds. The second-order valence-electron chi connectivity index (χ2n) is 3.76. The summed E-state index contributed by atoms with van der Waals surface area (Å²) in [4.78, 5) is 10.6. The highest BCUT2D eigenvalue weighted by Gasteiger charge is 2.24. The molecule has 21 heavy (non-hydrogen) atoms. The van der Waals surface area contributed by atoms with Crippen LogP contribution in [-0.2, 0) is 10.0 Å². The van der Waals surface area contributed by atoms with Crippen molar-refractivity contribution in [3.05, 3.63) is 43.0 Å². The lowest BCUT2D eigenvalue weighted by molar-refractivity contribution is 0.0702. The summed E-state index contributed by atoms with van der Waals surface area (Å²) in [6.07, 6.45) is 0. The molecule has 0 aliphatic rings. The van der Waals surface area contributed by atoms with Gasteiger partial charge in [-0.3, -0.25) is 4.72 Å². The SMILES string of the molecule is O=C(O)c1cc(S(=O)(=O)Nc2cccc(Cl)c2Cl)c(Br)s1. The van der Waals surface area contributed by atoms with Crippen LogP contribution in [0.3, 0.4) is 0 Å². The number of rotatable bonds is 4. The molecule has 1 aromatic carbocycles. The third-order valence-corrected chi connectivity index (χ3v) is 6.78. The molecule has 0 unspecified atom stereocenters. The van der Waals surface area contributed by atoms with E-state index in [0.717, 1.165) is 17.4 Å². The van der Waals surface area contributed by atoms with Crippen molar-refractivity contribution in [2.75, 3.05) is 4.72 Å².